The standard InChI is InChI=1S/C21H28N2O2S/c1-22-11-13-23(14-12-22)21(24)20-18(15-26-16-7-3-2-4-8-16)17-9-5-6-10-19(17)25-20/h5-6,9-10,16H,2-4,7-8,11-15H2,1H3. The molecule has 1 saturated carbocycles. The Hall–Kier alpha value is -1.46. The van der Waals surface area contributed by atoms with E-state index in [1.165, 1.54) is 32.1 Å². The summed E-state index contributed by atoms with van der Waals surface area (Å²) in [4.78, 5) is 17.4. The Balaban J connectivity index is 1.57. The summed E-state index contributed by atoms with van der Waals surface area (Å²) in [6, 6.07) is 8.09. The van der Waals surface area contributed by atoms with Crippen LogP contribution in [0.3, 0.4) is 0 Å². The average Bonchev–Trinajstić information content (AvgIpc) is 3.06. The van der Waals surface area contributed by atoms with Crippen LogP contribution in [-0.2, 0) is 5.75 Å². The molecular weight excluding hydrogens is 344 g/mol. The third kappa shape index (κ3) is 3.79. The van der Waals surface area contributed by atoms with Gasteiger partial charge in [-0.05, 0) is 26.0 Å². The quantitative estimate of drug-likeness (QED) is 0.798. The summed E-state index contributed by atoms with van der Waals surface area (Å²) >= 11 is 2.01. The molecule has 0 unspecified atom stereocenters. The van der Waals surface area contributed by atoms with Gasteiger partial charge in [-0.25, -0.2) is 0 Å². The van der Waals surface area contributed by atoms with E-state index in [1.54, 1.807) is 0 Å². The molecule has 4 rings (SSSR count). The zero-order valence-corrected chi connectivity index (χ0v) is 16.4. The van der Waals surface area contributed by atoms with Gasteiger partial charge in [-0.15, -0.1) is 0 Å². The van der Waals surface area contributed by atoms with Crippen molar-refractivity contribution in [2.75, 3.05) is 33.2 Å². The van der Waals surface area contributed by atoms with E-state index < -0.39 is 0 Å². The van der Waals surface area contributed by atoms with Crippen LogP contribution in [0.15, 0.2) is 28.7 Å². The Morgan fingerprint density at radius 1 is 1.12 bits per heavy atom. The Bertz CT molecular complexity index is 758. The number of likely N-dealkylation sites (N-methyl/N-ethyl adjacent to an activating group) is 1. The molecule has 0 atom stereocenters. The van der Waals surface area contributed by atoms with E-state index in [4.69, 9.17) is 4.42 Å². The van der Waals surface area contributed by atoms with Crippen LogP contribution in [0.2, 0.25) is 0 Å². The molecule has 1 aliphatic carbocycles. The van der Waals surface area contributed by atoms with Gasteiger partial charge < -0.3 is 14.2 Å². The molecule has 26 heavy (non-hydrogen) atoms. The molecule has 1 aromatic heterocycles. The number of fused-ring (bicyclic) bond motifs is 1. The molecule has 1 amide bonds. The highest BCUT2D eigenvalue weighted by Crippen LogP contribution is 2.35. The SMILES string of the molecule is CN1CCN(C(=O)c2oc3ccccc3c2CSC2CCCCC2)CC1. The van der Waals surface area contributed by atoms with Crippen molar-refractivity contribution in [3.8, 4) is 0 Å². The van der Waals surface area contributed by atoms with E-state index >= 15 is 0 Å². The second kappa shape index (κ2) is 8.05. The largest absolute Gasteiger partial charge is 0.451 e. The molecule has 1 aromatic carbocycles. The molecule has 1 aliphatic heterocycles. The maximum Gasteiger partial charge on any atom is 0.290 e. The number of thioether (sulfide) groups is 1. The molecule has 2 aliphatic rings. The van der Waals surface area contributed by atoms with Crippen molar-refractivity contribution < 1.29 is 9.21 Å². The molecular formula is C21H28N2O2S. The molecule has 140 valence electrons. The lowest BCUT2D eigenvalue weighted by atomic mass is 10.0. The lowest BCUT2D eigenvalue weighted by Crippen LogP contribution is -2.47. The number of piperazine rings is 1. The van der Waals surface area contributed by atoms with E-state index in [9.17, 15) is 4.79 Å². The Morgan fingerprint density at radius 3 is 2.62 bits per heavy atom. The van der Waals surface area contributed by atoms with Gasteiger partial charge in [-0.2, -0.15) is 11.8 Å². The van der Waals surface area contributed by atoms with E-state index in [0.717, 1.165) is 53.7 Å². The zero-order valence-electron chi connectivity index (χ0n) is 15.6. The van der Waals surface area contributed by atoms with Crippen molar-refractivity contribution >= 4 is 28.6 Å². The van der Waals surface area contributed by atoms with E-state index in [0.29, 0.717) is 5.76 Å². The van der Waals surface area contributed by atoms with Gasteiger partial charge in [-0.1, -0.05) is 37.5 Å². The Kier molecular flexibility index (Phi) is 5.55. The molecule has 1 saturated heterocycles. The minimum Gasteiger partial charge on any atom is -0.451 e. The maximum absolute atomic E-state index is 13.2. The number of hydrogen-bond donors (Lipinski definition) is 0. The first-order valence-corrected chi connectivity index (χ1v) is 10.9. The van der Waals surface area contributed by atoms with Crippen molar-refractivity contribution in [2.24, 2.45) is 0 Å². The molecule has 2 fully saturated rings. The number of furan rings is 1. The van der Waals surface area contributed by atoms with Gasteiger partial charge in [0.05, 0.1) is 0 Å². The number of carbonyl (C=O) groups is 1. The fraction of sp³-hybridized carbons (Fsp3) is 0.571. The molecule has 2 heterocycles. The zero-order chi connectivity index (χ0) is 17.9. The minimum atomic E-state index is 0.0635. The summed E-state index contributed by atoms with van der Waals surface area (Å²) in [6.07, 6.45) is 6.68. The third-order valence-electron chi connectivity index (χ3n) is 5.70. The van der Waals surface area contributed by atoms with Crippen LogP contribution < -0.4 is 0 Å². The Labute approximate surface area is 159 Å². The lowest BCUT2D eigenvalue weighted by Gasteiger charge is -2.32. The monoisotopic (exact) mass is 372 g/mol. The van der Waals surface area contributed by atoms with Gasteiger partial charge >= 0.3 is 0 Å². The molecule has 5 heteroatoms. The lowest BCUT2D eigenvalue weighted by molar-refractivity contribution is 0.0634. The molecule has 0 N–H and O–H groups in total. The minimum absolute atomic E-state index is 0.0635. The van der Waals surface area contributed by atoms with Crippen LogP contribution in [0.25, 0.3) is 11.0 Å². The number of hydrogen-bond acceptors (Lipinski definition) is 4. The normalized spacial score (nSPS) is 20.0. The van der Waals surface area contributed by atoms with Crippen molar-refractivity contribution in [1.82, 2.24) is 9.80 Å². The molecule has 0 spiro atoms. The number of nitrogens with zero attached hydrogens (tertiary/aromatic N) is 2. The van der Waals surface area contributed by atoms with Crippen LogP contribution >= 0.6 is 11.8 Å². The number of benzene rings is 1. The van der Waals surface area contributed by atoms with Crippen LogP contribution in [0, 0.1) is 0 Å². The summed E-state index contributed by atoms with van der Waals surface area (Å²) in [5.41, 5.74) is 1.93. The first kappa shape index (κ1) is 17.9. The van der Waals surface area contributed by atoms with Gasteiger partial charge in [-0.3, -0.25) is 4.79 Å². The fourth-order valence-electron chi connectivity index (χ4n) is 4.00. The van der Waals surface area contributed by atoms with Gasteiger partial charge in [0, 0.05) is 48.1 Å². The van der Waals surface area contributed by atoms with Gasteiger partial charge in [0.25, 0.3) is 5.91 Å². The second-order valence-electron chi connectivity index (χ2n) is 7.57. The highest BCUT2D eigenvalue weighted by atomic mass is 32.2. The summed E-state index contributed by atoms with van der Waals surface area (Å²) in [7, 11) is 2.11. The number of amides is 1. The van der Waals surface area contributed by atoms with Crippen molar-refractivity contribution in [3.63, 3.8) is 0 Å². The van der Waals surface area contributed by atoms with E-state index in [1.807, 2.05) is 34.9 Å². The fourth-order valence-corrected chi connectivity index (χ4v) is 5.36. The van der Waals surface area contributed by atoms with Crippen LogP contribution in [0.1, 0.15) is 48.2 Å². The maximum atomic E-state index is 13.2. The van der Waals surface area contributed by atoms with E-state index in [-0.39, 0.29) is 5.91 Å². The predicted molar refractivity (Wildman–Crippen MR) is 108 cm³/mol. The third-order valence-corrected chi connectivity index (χ3v) is 7.10. The number of rotatable bonds is 4. The summed E-state index contributed by atoms with van der Waals surface area (Å²) in [6.45, 7) is 3.42. The van der Waals surface area contributed by atoms with Crippen LogP contribution in [0.4, 0.5) is 0 Å². The summed E-state index contributed by atoms with van der Waals surface area (Å²) in [5.74, 6) is 1.50. The van der Waals surface area contributed by atoms with Crippen molar-refractivity contribution in [1.29, 1.82) is 0 Å². The molecule has 4 nitrogen and oxygen atoms in total. The van der Waals surface area contributed by atoms with Gasteiger partial charge in [0.2, 0.25) is 0 Å². The number of para-hydroxylation sites is 1. The molecule has 2 aromatic rings. The molecule has 0 bridgehead atoms. The second-order valence-corrected chi connectivity index (χ2v) is 8.86. The Morgan fingerprint density at radius 2 is 1.85 bits per heavy atom. The van der Waals surface area contributed by atoms with Gasteiger partial charge in [0.15, 0.2) is 5.76 Å². The first-order chi connectivity index (χ1) is 12.7. The summed E-state index contributed by atoms with van der Waals surface area (Å²) < 4.78 is 6.06. The average molecular weight is 373 g/mol. The van der Waals surface area contributed by atoms with Crippen molar-refractivity contribution in [3.05, 3.63) is 35.6 Å². The van der Waals surface area contributed by atoms with Crippen LogP contribution in [0.5, 0.6) is 0 Å². The topological polar surface area (TPSA) is 36.7 Å². The highest BCUT2D eigenvalue weighted by molar-refractivity contribution is 7.99. The highest BCUT2D eigenvalue weighted by Gasteiger charge is 2.27. The number of carbonyl (C=O) groups excluding carboxylic acids is 1. The van der Waals surface area contributed by atoms with E-state index in [2.05, 4.69) is 18.0 Å². The first-order valence-electron chi connectivity index (χ1n) is 9.82. The smallest absolute Gasteiger partial charge is 0.290 e. The summed E-state index contributed by atoms with van der Waals surface area (Å²) in [5, 5.41) is 1.83. The van der Waals surface area contributed by atoms with Gasteiger partial charge in [0.1, 0.15) is 5.58 Å². The van der Waals surface area contributed by atoms with Crippen LogP contribution in [-0.4, -0.2) is 54.2 Å². The molecule has 0 radical (unpaired) electrons. The van der Waals surface area contributed by atoms with Crippen molar-refractivity contribution in [2.45, 2.75) is 43.1 Å². The predicted octanol–water partition coefficient (Wildman–Crippen LogP) is 4.39.